The van der Waals surface area contributed by atoms with Crippen molar-refractivity contribution in [2.75, 3.05) is 5.88 Å². The molecule has 1 aromatic rings. The van der Waals surface area contributed by atoms with Gasteiger partial charge in [0.2, 0.25) is 0 Å². The van der Waals surface area contributed by atoms with Crippen molar-refractivity contribution in [3.05, 3.63) is 32.9 Å². The van der Waals surface area contributed by atoms with E-state index < -0.39 is 12.1 Å². The lowest BCUT2D eigenvalue weighted by Gasteiger charge is -2.13. The predicted molar refractivity (Wildman–Crippen MR) is 71.2 cm³/mol. The predicted octanol–water partition coefficient (Wildman–Crippen LogP) is 1.76. The third kappa shape index (κ3) is 3.65. The lowest BCUT2D eigenvalue weighted by molar-refractivity contribution is -0.147. The number of carboxylic acid groups (broad SMARTS) is 1. The average Bonchev–Trinajstić information content (AvgIpc) is 2.30. The van der Waals surface area contributed by atoms with Crippen LogP contribution in [0.3, 0.4) is 0 Å². The molecule has 0 fully saturated rings. The third-order valence-electron chi connectivity index (χ3n) is 2.21. The molecule has 92 valence electrons. The number of carbonyl (C=O) groups excluding carboxylic acids is 1. The molecule has 0 spiro atoms. The zero-order valence-electron chi connectivity index (χ0n) is 8.69. The van der Waals surface area contributed by atoms with E-state index in [1.54, 1.807) is 12.1 Å². The first-order valence-electron chi connectivity index (χ1n) is 4.73. The molecular weight excluding hydrogens is 358 g/mol. The van der Waals surface area contributed by atoms with Gasteiger partial charge in [0.05, 0.1) is 5.88 Å². The zero-order valence-corrected chi connectivity index (χ0v) is 11.6. The number of aliphatic hydroxyl groups excluding tert-OH is 1. The van der Waals surface area contributed by atoms with Crippen molar-refractivity contribution in [1.82, 2.24) is 0 Å². The Hall–Kier alpha value is -0.660. The minimum Gasteiger partial charge on any atom is -0.479 e. The van der Waals surface area contributed by atoms with E-state index in [2.05, 4.69) is 0 Å². The maximum atomic E-state index is 11.3. The number of halogens is 2. The van der Waals surface area contributed by atoms with Gasteiger partial charge in [-0.05, 0) is 39.8 Å². The normalized spacial score (nSPS) is 12.2. The molecule has 0 aliphatic rings. The van der Waals surface area contributed by atoms with E-state index in [0.717, 1.165) is 3.57 Å². The molecule has 17 heavy (non-hydrogen) atoms. The molecular formula is C11H10ClIO4. The highest BCUT2D eigenvalue weighted by atomic mass is 127. The van der Waals surface area contributed by atoms with E-state index in [1.807, 2.05) is 22.6 Å². The lowest BCUT2D eigenvalue weighted by atomic mass is 9.98. The van der Waals surface area contributed by atoms with Crippen molar-refractivity contribution in [1.29, 1.82) is 0 Å². The lowest BCUT2D eigenvalue weighted by Crippen LogP contribution is -2.16. The average molecular weight is 369 g/mol. The first kappa shape index (κ1) is 14.4. The summed E-state index contributed by atoms with van der Waals surface area (Å²) in [6, 6.07) is 4.88. The van der Waals surface area contributed by atoms with Crippen molar-refractivity contribution >= 4 is 45.9 Å². The van der Waals surface area contributed by atoms with E-state index in [-0.39, 0.29) is 23.6 Å². The second kappa shape index (κ2) is 6.32. The Labute approximate surface area is 117 Å². The minimum atomic E-state index is -1.62. The smallest absolute Gasteiger partial charge is 0.337 e. The van der Waals surface area contributed by atoms with Gasteiger partial charge in [-0.2, -0.15) is 0 Å². The number of benzene rings is 1. The Balaban J connectivity index is 3.17. The Bertz CT molecular complexity index is 447. The molecule has 0 aliphatic heterocycles. The van der Waals surface area contributed by atoms with E-state index in [0.29, 0.717) is 5.56 Å². The molecule has 0 heterocycles. The van der Waals surface area contributed by atoms with Crippen LogP contribution >= 0.6 is 34.2 Å². The summed E-state index contributed by atoms with van der Waals surface area (Å²) in [4.78, 5) is 22.1. The highest BCUT2D eigenvalue weighted by Crippen LogP contribution is 2.24. The fraction of sp³-hybridized carbons (Fsp3) is 0.273. The topological polar surface area (TPSA) is 74.6 Å². The van der Waals surface area contributed by atoms with E-state index in [4.69, 9.17) is 16.7 Å². The van der Waals surface area contributed by atoms with Gasteiger partial charge in [-0.15, -0.1) is 11.6 Å². The molecule has 1 unspecified atom stereocenters. The van der Waals surface area contributed by atoms with Gasteiger partial charge in [0, 0.05) is 9.99 Å². The molecule has 2 N–H and O–H groups in total. The highest BCUT2D eigenvalue weighted by Gasteiger charge is 2.21. The Morgan fingerprint density at radius 3 is 2.59 bits per heavy atom. The van der Waals surface area contributed by atoms with Crippen LogP contribution in [0, 0.1) is 3.57 Å². The Kier molecular flexibility index (Phi) is 5.35. The Morgan fingerprint density at radius 1 is 1.41 bits per heavy atom. The molecule has 1 atom stereocenters. The molecule has 0 amide bonds. The van der Waals surface area contributed by atoms with Crippen LogP contribution in [0.15, 0.2) is 18.2 Å². The number of rotatable bonds is 5. The standard InChI is InChI=1S/C11H10ClIO4/c12-5-6(14)4-8-7(10(15)11(16)17)2-1-3-9(8)13/h1-3,10,15H,4-5H2,(H,16,17). The number of aliphatic carboxylic acids is 1. The third-order valence-corrected chi connectivity index (χ3v) is 3.52. The van der Waals surface area contributed by atoms with Crippen LogP contribution in [0.2, 0.25) is 0 Å². The van der Waals surface area contributed by atoms with Crippen molar-refractivity contribution in [2.45, 2.75) is 12.5 Å². The van der Waals surface area contributed by atoms with Crippen molar-refractivity contribution in [3.63, 3.8) is 0 Å². The number of hydrogen-bond acceptors (Lipinski definition) is 3. The van der Waals surface area contributed by atoms with Crippen LogP contribution in [0.1, 0.15) is 17.2 Å². The second-order valence-electron chi connectivity index (χ2n) is 3.40. The van der Waals surface area contributed by atoms with Crippen LogP contribution in [-0.2, 0) is 16.0 Å². The maximum absolute atomic E-state index is 11.3. The molecule has 0 saturated carbocycles. The molecule has 6 heteroatoms. The molecule has 1 aromatic carbocycles. The van der Waals surface area contributed by atoms with Crippen molar-refractivity contribution in [3.8, 4) is 0 Å². The van der Waals surface area contributed by atoms with Gasteiger partial charge in [-0.1, -0.05) is 12.1 Å². The summed E-state index contributed by atoms with van der Waals surface area (Å²) in [5, 5.41) is 18.3. The van der Waals surface area contributed by atoms with E-state index >= 15 is 0 Å². The number of alkyl halides is 1. The van der Waals surface area contributed by atoms with Crippen molar-refractivity contribution < 1.29 is 19.8 Å². The number of carboxylic acids is 1. The molecule has 1 rings (SSSR count). The van der Waals surface area contributed by atoms with Gasteiger partial charge in [0.25, 0.3) is 0 Å². The zero-order chi connectivity index (χ0) is 13.0. The number of hydrogen-bond donors (Lipinski definition) is 2. The molecule has 0 bridgehead atoms. The number of Topliss-reactive ketones (excluding diaryl/α,β-unsaturated/α-hetero) is 1. The first-order chi connectivity index (χ1) is 7.97. The number of carbonyl (C=O) groups is 2. The second-order valence-corrected chi connectivity index (χ2v) is 4.83. The van der Waals surface area contributed by atoms with Crippen LogP contribution in [0.25, 0.3) is 0 Å². The number of aliphatic hydroxyl groups is 1. The van der Waals surface area contributed by atoms with Gasteiger partial charge in [0.1, 0.15) is 0 Å². The van der Waals surface area contributed by atoms with E-state index in [1.165, 1.54) is 6.07 Å². The first-order valence-corrected chi connectivity index (χ1v) is 6.34. The summed E-state index contributed by atoms with van der Waals surface area (Å²) in [5.74, 6) is -1.69. The monoisotopic (exact) mass is 368 g/mol. The van der Waals surface area contributed by atoms with Crippen LogP contribution in [0.5, 0.6) is 0 Å². The van der Waals surface area contributed by atoms with Gasteiger partial charge in [0.15, 0.2) is 11.9 Å². The molecule has 0 aromatic heterocycles. The molecule has 4 nitrogen and oxygen atoms in total. The summed E-state index contributed by atoms with van der Waals surface area (Å²) in [6.07, 6.45) is -1.59. The van der Waals surface area contributed by atoms with Gasteiger partial charge < -0.3 is 10.2 Å². The van der Waals surface area contributed by atoms with Gasteiger partial charge in [-0.25, -0.2) is 4.79 Å². The minimum absolute atomic E-state index is 0.0300. The van der Waals surface area contributed by atoms with Crippen LogP contribution < -0.4 is 0 Å². The van der Waals surface area contributed by atoms with Crippen LogP contribution in [-0.4, -0.2) is 27.8 Å². The van der Waals surface area contributed by atoms with Crippen molar-refractivity contribution in [2.24, 2.45) is 0 Å². The van der Waals surface area contributed by atoms with Gasteiger partial charge in [-0.3, -0.25) is 4.79 Å². The quantitative estimate of drug-likeness (QED) is 0.613. The molecule has 0 aliphatic carbocycles. The van der Waals surface area contributed by atoms with Gasteiger partial charge >= 0.3 is 5.97 Å². The molecule has 0 saturated heterocycles. The van der Waals surface area contributed by atoms with E-state index in [9.17, 15) is 14.7 Å². The summed E-state index contributed by atoms with van der Waals surface area (Å²) in [5.41, 5.74) is 0.761. The fourth-order valence-corrected chi connectivity index (χ4v) is 2.20. The summed E-state index contributed by atoms with van der Waals surface area (Å²) < 4.78 is 0.735. The SMILES string of the molecule is O=C(CCl)Cc1c(I)cccc1C(O)C(=O)O. The largest absolute Gasteiger partial charge is 0.479 e. The van der Waals surface area contributed by atoms with Crippen LogP contribution in [0.4, 0.5) is 0 Å². The summed E-state index contributed by atoms with van der Waals surface area (Å²) in [7, 11) is 0. The maximum Gasteiger partial charge on any atom is 0.337 e. The highest BCUT2D eigenvalue weighted by molar-refractivity contribution is 14.1. The summed E-state index contributed by atoms with van der Waals surface area (Å²) >= 11 is 7.41. The molecule has 0 radical (unpaired) electrons. The number of ketones is 1. The fourth-order valence-electron chi connectivity index (χ4n) is 1.40. The Morgan fingerprint density at radius 2 is 2.06 bits per heavy atom. The summed E-state index contributed by atoms with van der Waals surface area (Å²) in [6.45, 7) is 0.